The van der Waals surface area contributed by atoms with Gasteiger partial charge in [0.05, 0.1) is 26.6 Å². The van der Waals surface area contributed by atoms with Crippen molar-refractivity contribution in [1.82, 2.24) is 10.2 Å². The fourth-order valence-corrected chi connectivity index (χ4v) is 6.79. The Kier molecular flexibility index (Phi) is 12.2. The van der Waals surface area contributed by atoms with Gasteiger partial charge in [-0.3, -0.25) is 9.69 Å². The Labute approximate surface area is 321 Å². The quantitative estimate of drug-likeness (QED) is 0.122. The largest absolute Gasteiger partial charge is 0.457 e. The van der Waals surface area contributed by atoms with Gasteiger partial charge in [0.15, 0.2) is 0 Å². The van der Waals surface area contributed by atoms with Gasteiger partial charge >= 0.3 is 0 Å². The van der Waals surface area contributed by atoms with Crippen LogP contribution in [-0.2, 0) is 17.9 Å². The van der Waals surface area contributed by atoms with Crippen LogP contribution in [0.1, 0.15) is 11.1 Å². The lowest BCUT2D eigenvalue weighted by molar-refractivity contribution is -0.117. The number of thiophene rings is 1. The van der Waals surface area contributed by atoms with Crippen LogP contribution in [0, 0.1) is 0 Å². The van der Waals surface area contributed by atoms with Gasteiger partial charge in [-0.25, -0.2) is 0 Å². The fraction of sp³-hybridized carbons (Fsp3) is 0.125. The van der Waals surface area contributed by atoms with Gasteiger partial charge in [-0.15, -0.1) is 11.3 Å². The lowest BCUT2D eigenvalue weighted by Gasteiger charge is -2.20. The van der Waals surface area contributed by atoms with Crippen LogP contribution in [0.25, 0.3) is 21.6 Å². The molecular formula is C40H33Cl4N3O3S. The Bertz CT molecular complexity index is 2160. The second-order valence-electron chi connectivity index (χ2n) is 11.8. The summed E-state index contributed by atoms with van der Waals surface area (Å²) >= 11 is 26.3. The molecule has 6 nitrogen and oxygen atoms in total. The molecule has 1 amide bonds. The zero-order valence-corrected chi connectivity index (χ0v) is 31.5. The van der Waals surface area contributed by atoms with Crippen LogP contribution in [0.15, 0.2) is 115 Å². The van der Waals surface area contributed by atoms with E-state index in [1.807, 2.05) is 79.0 Å². The molecule has 11 heteroatoms. The van der Waals surface area contributed by atoms with E-state index in [0.717, 1.165) is 32.7 Å². The number of hydrogen-bond donors (Lipinski definition) is 2. The third-order valence-electron chi connectivity index (χ3n) is 7.87. The number of hydrogen-bond acceptors (Lipinski definition) is 6. The molecule has 260 valence electrons. The number of nitrogens with zero attached hydrogens (tertiary/aromatic N) is 1. The number of amides is 1. The molecule has 2 N–H and O–H groups in total. The molecule has 0 bridgehead atoms. The monoisotopic (exact) mass is 775 g/mol. The second kappa shape index (κ2) is 17.0. The summed E-state index contributed by atoms with van der Waals surface area (Å²) in [5.41, 5.74) is 5.59. The summed E-state index contributed by atoms with van der Waals surface area (Å²) < 4.78 is 12.4. The number of carbonyl (C=O) groups is 1. The van der Waals surface area contributed by atoms with Crippen molar-refractivity contribution in [2.75, 3.05) is 26.0 Å². The molecule has 1 aromatic heterocycles. The Hall–Kier alpha value is -4.05. The minimum atomic E-state index is -0.141. The molecular weight excluding hydrogens is 744 g/mol. The van der Waals surface area contributed by atoms with Gasteiger partial charge in [-0.2, -0.15) is 0 Å². The van der Waals surface area contributed by atoms with Crippen LogP contribution in [0.2, 0.25) is 20.1 Å². The lowest BCUT2D eigenvalue weighted by Crippen LogP contribution is -2.30. The molecule has 0 aliphatic rings. The maximum atomic E-state index is 13.3. The first kappa shape index (κ1) is 36.7. The van der Waals surface area contributed by atoms with Gasteiger partial charge in [0, 0.05) is 46.9 Å². The summed E-state index contributed by atoms with van der Waals surface area (Å²) in [7, 11) is 3.79. The van der Waals surface area contributed by atoms with Crippen molar-refractivity contribution in [3.05, 3.63) is 146 Å². The lowest BCUT2D eigenvalue weighted by atomic mass is 10.0. The van der Waals surface area contributed by atoms with Gasteiger partial charge in [-0.05, 0) is 109 Å². The Morgan fingerprint density at radius 3 is 1.94 bits per heavy atom. The van der Waals surface area contributed by atoms with Crippen LogP contribution < -0.4 is 20.1 Å². The summed E-state index contributed by atoms with van der Waals surface area (Å²) in [4.78, 5) is 16.4. The van der Waals surface area contributed by atoms with Crippen LogP contribution in [0.3, 0.4) is 0 Å². The van der Waals surface area contributed by atoms with Crippen molar-refractivity contribution in [3.8, 4) is 44.6 Å². The van der Waals surface area contributed by atoms with Crippen molar-refractivity contribution >= 4 is 69.3 Å². The number of benzene rings is 5. The van der Waals surface area contributed by atoms with Crippen molar-refractivity contribution in [3.63, 3.8) is 0 Å². The number of carbonyl (C=O) groups excluding carboxylic acids is 1. The molecule has 0 aliphatic carbocycles. The standard InChI is InChI=1S/C40H33Cl4N3O3S/c1-45-22-28-17-26(8-14-37(28)49-31-10-12-33(41)35(43)20-31)25-5-3-6-30(19-25)46-40(48)24-47(2)23-29-18-27(39-7-4-16-51-39)9-15-38(29)50-32-11-13-34(42)36(44)21-32/h3-21,45H,22-24H2,1-2H3,(H,46,48). The molecule has 0 spiro atoms. The predicted octanol–water partition coefficient (Wildman–Crippen LogP) is 12.1. The Morgan fingerprint density at radius 2 is 1.31 bits per heavy atom. The molecule has 0 unspecified atom stereocenters. The van der Waals surface area contributed by atoms with E-state index in [1.54, 1.807) is 47.7 Å². The predicted molar refractivity (Wildman–Crippen MR) is 212 cm³/mol. The fourth-order valence-electron chi connectivity index (χ4n) is 5.49. The Morgan fingerprint density at radius 1 is 0.686 bits per heavy atom. The third kappa shape index (κ3) is 9.64. The summed E-state index contributed by atoms with van der Waals surface area (Å²) in [6.45, 7) is 1.21. The van der Waals surface area contributed by atoms with Crippen LogP contribution in [0.5, 0.6) is 23.0 Å². The zero-order chi connectivity index (χ0) is 35.9. The van der Waals surface area contributed by atoms with Crippen molar-refractivity contribution in [1.29, 1.82) is 0 Å². The molecule has 51 heavy (non-hydrogen) atoms. The van der Waals surface area contributed by atoms with Crippen molar-refractivity contribution in [2.45, 2.75) is 13.1 Å². The average Bonchev–Trinajstić information content (AvgIpc) is 3.65. The van der Waals surface area contributed by atoms with Crippen molar-refractivity contribution < 1.29 is 14.3 Å². The molecule has 6 rings (SSSR count). The molecule has 0 saturated heterocycles. The SMILES string of the molecule is CNCc1cc(-c2cccc(NC(=O)CN(C)Cc3cc(-c4cccs4)ccc3Oc3ccc(Cl)c(Cl)c3)c2)ccc1Oc1ccc(Cl)c(Cl)c1. The zero-order valence-electron chi connectivity index (χ0n) is 27.7. The molecule has 0 aliphatic heterocycles. The van der Waals surface area contributed by atoms with E-state index in [-0.39, 0.29) is 12.5 Å². The third-order valence-corrected chi connectivity index (χ3v) is 10.3. The molecule has 1 heterocycles. The Balaban J connectivity index is 1.15. The van der Waals surface area contributed by atoms with Crippen LogP contribution in [0.4, 0.5) is 5.69 Å². The topological polar surface area (TPSA) is 62.8 Å². The number of ether oxygens (including phenoxy) is 2. The second-order valence-corrected chi connectivity index (χ2v) is 14.4. The number of likely N-dealkylation sites (N-methyl/N-ethyl adjacent to an activating group) is 1. The first-order valence-corrected chi connectivity index (χ1v) is 18.3. The molecule has 6 aromatic rings. The highest BCUT2D eigenvalue weighted by atomic mass is 35.5. The van der Waals surface area contributed by atoms with E-state index in [0.29, 0.717) is 61.9 Å². The van der Waals surface area contributed by atoms with Crippen LogP contribution in [-0.4, -0.2) is 31.4 Å². The smallest absolute Gasteiger partial charge is 0.238 e. The van der Waals surface area contributed by atoms with E-state index < -0.39 is 0 Å². The van der Waals surface area contributed by atoms with Gasteiger partial charge in [0.25, 0.3) is 0 Å². The molecule has 5 aromatic carbocycles. The molecule has 0 atom stereocenters. The summed E-state index contributed by atoms with van der Waals surface area (Å²) in [5, 5.41) is 10.1. The minimum absolute atomic E-state index is 0.141. The van der Waals surface area contributed by atoms with Gasteiger partial charge < -0.3 is 20.1 Å². The minimum Gasteiger partial charge on any atom is -0.457 e. The average molecular weight is 778 g/mol. The molecule has 0 fully saturated rings. The van der Waals surface area contributed by atoms with Crippen LogP contribution >= 0.6 is 57.7 Å². The van der Waals surface area contributed by atoms with E-state index in [1.165, 1.54) is 0 Å². The van der Waals surface area contributed by atoms with E-state index in [4.69, 9.17) is 55.9 Å². The van der Waals surface area contributed by atoms with Crippen molar-refractivity contribution in [2.24, 2.45) is 0 Å². The number of halogens is 4. The molecule has 0 saturated carbocycles. The number of rotatable bonds is 13. The van der Waals surface area contributed by atoms with Gasteiger partial charge in [0.1, 0.15) is 23.0 Å². The normalized spacial score (nSPS) is 11.1. The van der Waals surface area contributed by atoms with Gasteiger partial charge in [-0.1, -0.05) is 70.7 Å². The first-order chi connectivity index (χ1) is 24.6. The first-order valence-electron chi connectivity index (χ1n) is 15.9. The number of nitrogens with one attached hydrogen (secondary N) is 2. The van der Waals surface area contributed by atoms with Gasteiger partial charge in [0.2, 0.25) is 5.91 Å². The summed E-state index contributed by atoms with van der Waals surface area (Å²) in [6, 6.07) is 34.3. The summed E-state index contributed by atoms with van der Waals surface area (Å²) in [6.07, 6.45) is 0. The van der Waals surface area contributed by atoms with E-state index in [9.17, 15) is 4.79 Å². The summed E-state index contributed by atoms with van der Waals surface area (Å²) in [5.74, 6) is 2.39. The van der Waals surface area contributed by atoms with E-state index in [2.05, 4.69) is 28.8 Å². The highest BCUT2D eigenvalue weighted by Crippen LogP contribution is 2.36. The maximum Gasteiger partial charge on any atom is 0.238 e. The highest BCUT2D eigenvalue weighted by Gasteiger charge is 2.15. The maximum absolute atomic E-state index is 13.3. The highest BCUT2D eigenvalue weighted by molar-refractivity contribution is 7.13. The molecule has 0 radical (unpaired) electrons. The van der Waals surface area contributed by atoms with E-state index >= 15 is 0 Å². The number of anilines is 1.